The Morgan fingerprint density at radius 2 is 2.06 bits per heavy atom. The van der Waals surface area contributed by atoms with Crippen LogP contribution in [0.15, 0.2) is 30.5 Å². The number of nitrogens with two attached hydrogens (primary N) is 1. The smallest absolute Gasteiger partial charge is 0.163 e. The first-order valence-corrected chi connectivity index (χ1v) is 5.32. The number of nitrogens with one attached hydrogen (secondary N) is 1. The lowest BCUT2D eigenvalue weighted by Crippen LogP contribution is -2.13. The van der Waals surface area contributed by atoms with Crippen molar-refractivity contribution in [3.63, 3.8) is 0 Å². The highest BCUT2D eigenvalue weighted by atomic mass is 32.1. The molecule has 18 heavy (non-hydrogen) atoms. The van der Waals surface area contributed by atoms with Crippen LogP contribution in [-0.2, 0) is 0 Å². The fourth-order valence-corrected chi connectivity index (χ4v) is 1.51. The van der Waals surface area contributed by atoms with E-state index in [2.05, 4.69) is 15.5 Å². The molecule has 0 unspecified atom stereocenters. The van der Waals surface area contributed by atoms with E-state index in [1.165, 1.54) is 12.3 Å². The summed E-state index contributed by atoms with van der Waals surface area (Å²) in [5.74, 6) is -1.18. The molecule has 1 heterocycles. The molecule has 0 saturated heterocycles. The minimum atomic E-state index is -0.741. The number of hydrogen-bond acceptors (Lipinski definition) is 4. The highest BCUT2D eigenvalue weighted by Crippen LogP contribution is 2.21. The Morgan fingerprint density at radius 3 is 2.72 bits per heavy atom. The lowest BCUT2D eigenvalue weighted by atomic mass is 10.2. The van der Waals surface area contributed by atoms with Crippen LogP contribution in [0, 0.1) is 11.6 Å². The van der Waals surface area contributed by atoms with Crippen LogP contribution >= 0.6 is 12.2 Å². The number of aromatic nitrogens is 2. The first kappa shape index (κ1) is 12.3. The van der Waals surface area contributed by atoms with Crippen molar-refractivity contribution in [2.45, 2.75) is 0 Å². The Kier molecular flexibility index (Phi) is 3.42. The summed E-state index contributed by atoms with van der Waals surface area (Å²) in [6.45, 7) is 0. The van der Waals surface area contributed by atoms with Gasteiger partial charge in [0.2, 0.25) is 0 Å². The summed E-state index contributed by atoms with van der Waals surface area (Å²) in [6, 6.07) is 4.70. The van der Waals surface area contributed by atoms with Crippen LogP contribution in [0.4, 0.5) is 20.3 Å². The molecule has 0 spiro atoms. The van der Waals surface area contributed by atoms with E-state index in [0.29, 0.717) is 5.56 Å². The molecule has 0 radical (unpaired) electrons. The van der Waals surface area contributed by atoms with E-state index in [0.717, 1.165) is 12.1 Å². The quantitative estimate of drug-likeness (QED) is 0.833. The van der Waals surface area contributed by atoms with E-state index >= 15 is 0 Å². The van der Waals surface area contributed by atoms with E-state index < -0.39 is 11.6 Å². The summed E-state index contributed by atoms with van der Waals surface area (Å²) in [7, 11) is 0. The molecular formula is C11H8F2N4S. The van der Waals surface area contributed by atoms with Crippen molar-refractivity contribution in [2.75, 3.05) is 5.32 Å². The zero-order valence-electron chi connectivity index (χ0n) is 9.02. The van der Waals surface area contributed by atoms with Crippen molar-refractivity contribution in [1.29, 1.82) is 0 Å². The van der Waals surface area contributed by atoms with Crippen LogP contribution in [0.3, 0.4) is 0 Å². The van der Waals surface area contributed by atoms with E-state index in [1.54, 1.807) is 6.07 Å². The van der Waals surface area contributed by atoms with Crippen LogP contribution in [-0.4, -0.2) is 15.2 Å². The number of nitrogens with zero attached hydrogens (tertiary/aromatic N) is 2. The zero-order valence-corrected chi connectivity index (χ0v) is 9.84. The number of thiocarbonyl (C=S) groups is 1. The van der Waals surface area contributed by atoms with E-state index in [1.807, 2.05) is 0 Å². The molecule has 4 nitrogen and oxygen atoms in total. The van der Waals surface area contributed by atoms with Crippen molar-refractivity contribution in [3.8, 4) is 0 Å². The van der Waals surface area contributed by atoms with Crippen molar-refractivity contribution in [3.05, 3.63) is 47.7 Å². The first-order valence-electron chi connectivity index (χ1n) is 4.91. The number of benzene rings is 1. The predicted octanol–water partition coefficient (Wildman–Crippen LogP) is 2.13. The molecule has 92 valence electrons. The lowest BCUT2D eigenvalue weighted by molar-refractivity contribution is 0.586. The highest BCUT2D eigenvalue weighted by Gasteiger charge is 2.10. The molecule has 2 rings (SSSR count). The van der Waals surface area contributed by atoms with Gasteiger partial charge in [0.1, 0.15) is 16.6 Å². The predicted molar refractivity (Wildman–Crippen MR) is 67.6 cm³/mol. The average molecular weight is 266 g/mol. The van der Waals surface area contributed by atoms with Gasteiger partial charge in [-0.2, -0.15) is 5.10 Å². The summed E-state index contributed by atoms with van der Waals surface area (Å²) in [4.78, 5) is 0.106. The summed E-state index contributed by atoms with van der Waals surface area (Å²) in [5, 5.41) is 10.1. The van der Waals surface area contributed by atoms with Gasteiger partial charge in [-0.05, 0) is 18.2 Å². The Hall–Kier alpha value is -2.15. The third kappa shape index (κ3) is 2.57. The molecule has 0 saturated carbocycles. The average Bonchev–Trinajstić information content (AvgIpc) is 2.33. The second-order valence-electron chi connectivity index (χ2n) is 3.41. The monoisotopic (exact) mass is 266 g/mol. The van der Waals surface area contributed by atoms with Gasteiger partial charge in [0.05, 0.1) is 17.4 Å². The maximum Gasteiger partial charge on any atom is 0.163 e. The van der Waals surface area contributed by atoms with Gasteiger partial charge in [0, 0.05) is 6.07 Å². The Labute approximate surface area is 107 Å². The lowest BCUT2D eigenvalue weighted by Gasteiger charge is -2.09. The van der Waals surface area contributed by atoms with Crippen LogP contribution in [0.1, 0.15) is 5.56 Å². The molecule has 0 aliphatic heterocycles. The fourth-order valence-electron chi connectivity index (χ4n) is 1.34. The fraction of sp³-hybridized carbons (Fsp3) is 0. The third-order valence-electron chi connectivity index (χ3n) is 2.17. The molecular weight excluding hydrogens is 258 g/mol. The normalized spacial score (nSPS) is 10.1. The van der Waals surface area contributed by atoms with Crippen LogP contribution < -0.4 is 11.1 Å². The number of anilines is 2. The first-order chi connectivity index (χ1) is 8.58. The van der Waals surface area contributed by atoms with Crippen molar-refractivity contribution < 1.29 is 8.78 Å². The molecule has 0 atom stereocenters. The van der Waals surface area contributed by atoms with E-state index in [-0.39, 0.29) is 16.5 Å². The molecule has 0 amide bonds. The Bertz CT molecular complexity index is 603. The van der Waals surface area contributed by atoms with Crippen LogP contribution in [0.25, 0.3) is 0 Å². The van der Waals surface area contributed by atoms with Gasteiger partial charge in [-0.3, -0.25) is 0 Å². The number of hydrogen-bond donors (Lipinski definition) is 2. The standard InChI is InChI=1S/C11H8F2N4S/c12-6-1-2-9(8(13)5-6)16-11-7(10(14)18)3-4-15-17-11/h1-5H,(H2,14,18)(H,16,17). The Morgan fingerprint density at radius 1 is 1.28 bits per heavy atom. The van der Waals surface area contributed by atoms with E-state index in [9.17, 15) is 8.78 Å². The second-order valence-corrected chi connectivity index (χ2v) is 3.85. The van der Waals surface area contributed by atoms with Crippen LogP contribution in [0.5, 0.6) is 0 Å². The topological polar surface area (TPSA) is 63.8 Å². The van der Waals surface area contributed by atoms with Gasteiger partial charge in [-0.15, -0.1) is 5.10 Å². The van der Waals surface area contributed by atoms with Gasteiger partial charge in [-0.25, -0.2) is 8.78 Å². The molecule has 0 aliphatic carbocycles. The second kappa shape index (κ2) is 5.01. The SMILES string of the molecule is NC(=S)c1ccnnc1Nc1ccc(F)cc1F. The minimum Gasteiger partial charge on any atom is -0.389 e. The van der Waals surface area contributed by atoms with Gasteiger partial charge in [0.25, 0.3) is 0 Å². The summed E-state index contributed by atoms with van der Waals surface area (Å²) in [5.41, 5.74) is 6.00. The molecule has 2 aromatic rings. The maximum absolute atomic E-state index is 13.5. The number of halogens is 2. The largest absolute Gasteiger partial charge is 0.389 e. The minimum absolute atomic E-state index is 0.0643. The molecule has 0 aliphatic rings. The van der Waals surface area contributed by atoms with Gasteiger partial charge >= 0.3 is 0 Å². The maximum atomic E-state index is 13.5. The highest BCUT2D eigenvalue weighted by molar-refractivity contribution is 7.80. The molecule has 7 heteroatoms. The van der Waals surface area contributed by atoms with E-state index in [4.69, 9.17) is 18.0 Å². The number of rotatable bonds is 3. The van der Waals surface area contributed by atoms with Gasteiger partial charge in [0.15, 0.2) is 5.82 Å². The van der Waals surface area contributed by atoms with Crippen LogP contribution in [0.2, 0.25) is 0 Å². The molecule has 0 fully saturated rings. The molecule has 1 aromatic heterocycles. The molecule has 1 aromatic carbocycles. The van der Waals surface area contributed by atoms with Crippen molar-refractivity contribution in [1.82, 2.24) is 10.2 Å². The van der Waals surface area contributed by atoms with Crippen molar-refractivity contribution in [2.24, 2.45) is 5.73 Å². The molecule has 0 bridgehead atoms. The summed E-state index contributed by atoms with van der Waals surface area (Å²) < 4.78 is 26.2. The molecule has 3 N–H and O–H groups in total. The van der Waals surface area contributed by atoms with Gasteiger partial charge < -0.3 is 11.1 Å². The summed E-state index contributed by atoms with van der Waals surface area (Å²) >= 11 is 4.84. The Balaban J connectivity index is 2.37. The van der Waals surface area contributed by atoms with Crippen molar-refractivity contribution >= 4 is 28.7 Å². The zero-order chi connectivity index (χ0) is 13.1. The summed E-state index contributed by atoms with van der Waals surface area (Å²) in [6.07, 6.45) is 1.42. The van der Waals surface area contributed by atoms with Gasteiger partial charge in [-0.1, -0.05) is 12.2 Å². The third-order valence-corrected chi connectivity index (χ3v) is 2.39.